The van der Waals surface area contributed by atoms with Crippen molar-refractivity contribution in [3.05, 3.63) is 23.8 Å². The Bertz CT molecular complexity index is 712. The van der Waals surface area contributed by atoms with Gasteiger partial charge in [0.25, 0.3) is 0 Å². The van der Waals surface area contributed by atoms with E-state index < -0.39 is 16.4 Å². The zero-order valence-corrected chi connectivity index (χ0v) is 16.6. The molecule has 1 rings (SSSR count). The van der Waals surface area contributed by atoms with Crippen LogP contribution in [0.3, 0.4) is 0 Å². The fourth-order valence-electron chi connectivity index (χ4n) is 2.22. The van der Waals surface area contributed by atoms with E-state index in [-0.39, 0.29) is 23.8 Å². The third-order valence-corrected chi connectivity index (χ3v) is 4.33. The van der Waals surface area contributed by atoms with Crippen molar-refractivity contribution in [3.8, 4) is 11.5 Å². The fourth-order valence-corrected chi connectivity index (χ4v) is 2.89. The molecule has 0 fully saturated rings. The predicted octanol–water partition coefficient (Wildman–Crippen LogP) is 2.18. The molecule has 0 radical (unpaired) electrons. The molecule has 0 saturated heterocycles. The van der Waals surface area contributed by atoms with E-state index >= 15 is 0 Å². The molecule has 0 aliphatic carbocycles. The molecule has 0 saturated carbocycles. The number of guanidine groups is 1. The molecule has 2 N–H and O–H groups in total. The molecule has 0 heterocycles. The van der Waals surface area contributed by atoms with Crippen LogP contribution in [0.25, 0.3) is 0 Å². The van der Waals surface area contributed by atoms with Gasteiger partial charge in [0.05, 0.1) is 18.9 Å². The van der Waals surface area contributed by atoms with Crippen molar-refractivity contribution in [1.29, 1.82) is 0 Å². The summed E-state index contributed by atoms with van der Waals surface area (Å²) in [4.78, 5) is 4.35. The lowest BCUT2D eigenvalue weighted by Crippen LogP contribution is -2.38. The molecule has 0 bridgehead atoms. The first-order chi connectivity index (χ1) is 12.8. The quantitative estimate of drug-likeness (QED) is 0.332. The summed E-state index contributed by atoms with van der Waals surface area (Å²) in [6.45, 7) is 2.07. The van der Waals surface area contributed by atoms with Gasteiger partial charge in [-0.1, -0.05) is 12.1 Å². The van der Waals surface area contributed by atoms with Gasteiger partial charge in [0.15, 0.2) is 17.5 Å². The fraction of sp³-hybridized carbons (Fsp3) is 0.588. The van der Waals surface area contributed by atoms with E-state index in [2.05, 4.69) is 20.4 Å². The van der Waals surface area contributed by atoms with Crippen LogP contribution in [0.1, 0.15) is 25.8 Å². The van der Waals surface area contributed by atoms with Crippen LogP contribution >= 0.6 is 0 Å². The van der Waals surface area contributed by atoms with Gasteiger partial charge in [0.1, 0.15) is 9.84 Å². The molecule has 10 heteroatoms. The van der Waals surface area contributed by atoms with Crippen LogP contribution in [-0.2, 0) is 16.4 Å². The predicted molar refractivity (Wildman–Crippen MR) is 101 cm³/mol. The standard InChI is InChI=1S/C17H27F2N3O4S/c1-4-20-17(21-10-7-11-27(3,23)24)22-12-13-8-6-9-14(25-5-2)15(13)26-16(18)19/h6,8-9,16H,4-5,7,10-12H2,1-3H3,(H2,20,21,22). The third kappa shape index (κ3) is 9.41. The number of ether oxygens (including phenoxy) is 2. The summed E-state index contributed by atoms with van der Waals surface area (Å²) < 4.78 is 57.8. The smallest absolute Gasteiger partial charge is 0.387 e. The number of para-hydroxylation sites is 1. The maximum Gasteiger partial charge on any atom is 0.387 e. The summed E-state index contributed by atoms with van der Waals surface area (Å²) in [7, 11) is -3.02. The van der Waals surface area contributed by atoms with Crippen molar-refractivity contribution in [2.24, 2.45) is 4.99 Å². The van der Waals surface area contributed by atoms with E-state index in [1.54, 1.807) is 25.1 Å². The zero-order chi connectivity index (χ0) is 20.3. The summed E-state index contributed by atoms with van der Waals surface area (Å²) in [5, 5.41) is 6.04. The first kappa shape index (κ1) is 22.9. The molecule has 0 spiro atoms. The first-order valence-corrected chi connectivity index (χ1v) is 10.7. The second-order valence-electron chi connectivity index (χ2n) is 5.66. The number of benzene rings is 1. The SMILES string of the molecule is CCNC(=NCc1cccc(OCC)c1OC(F)F)NCCCS(C)(=O)=O. The van der Waals surface area contributed by atoms with Crippen LogP contribution < -0.4 is 20.1 Å². The van der Waals surface area contributed by atoms with Gasteiger partial charge < -0.3 is 20.1 Å². The Balaban J connectivity index is 2.86. The largest absolute Gasteiger partial charge is 0.490 e. The topological polar surface area (TPSA) is 89.0 Å². The van der Waals surface area contributed by atoms with Gasteiger partial charge in [-0.2, -0.15) is 8.78 Å². The highest BCUT2D eigenvalue weighted by molar-refractivity contribution is 7.90. The highest BCUT2D eigenvalue weighted by Gasteiger charge is 2.15. The first-order valence-electron chi connectivity index (χ1n) is 8.66. The number of alkyl halides is 2. The highest BCUT2D eigenvalue weighted by Crippen LogP contribution is 2.33. The highest BCUT2D eigenvalue weighted by atomic mass is 32.2. The molecule has 7 nitrogen and oxygen atoms in total. The van der Waals surface area contributed by atoms with Crippen LogP contribution in [0.15, 0.2) is 23.2 Å². The lowest BCUT2D eigenvalue weighted by Gasteiger charge is -2.15. The van der Waals surface area contributed by atoms with E-state index in [4.69, 9.17) is 4.74 Å². The third-order valence-electron chi connectivity index (χ3n) is 3.30. The van der Waals surface area contributed by atoms with Crippen LogP contribution in [0, 0.1) is 0 Å². The summed E-state index contributed by atoms with van der Waals surface area (Å²) in [6, 6.07) is 4.88. The average Bonchev–Trinajstić information content (AvgIpc) is 2.57. The molecular formula is C17H27F2N3O4S. The van der Waals surface area contributed by atoms with Gasteiger partial charge in [0, 0.05) is 24.9 Å². The Kier molecular flexibility index (Phi) is 9.84. The van der Waals surface area contributed by atoms with Crippen molar-refractivity contribution in [2.75, 3.05) is 31.7 Å². The minimum Gasteiger partial charge on any atom is -0.490 e. The Morgan fingerprint density at radius 3 is 2.59 bits per heavy atom. The van der Waals surface area contributed by atoms with Gasteiger partial charge in [0.2, 0.25) is 0 Å². The molecule has 27 heavy (non-hydrogen) atoms. The maximum atomic E-state index is 12.8. The van der Waals surface area contributed by atoms with Gasteiger partial charge in [-0.15, -0.1) is 0 Å². The summed E-state index contributed by atoms with van der Waals surface area (Å²) in [5.41, 5.74) is 0.453. The van der Waals surface area contributed by atoms with Crippen molar-refractivity contribution >= 4 is 15.8 Å². The average molecular weight is 407 g/mol. The number of hydrogen-bond acceptors (Lipinski definition) is 5. The summed E-state index contributed by atoms with van der Waals surface area (Å²) in [6.07, 6.45) is 1.62. The molecule has 0 aliphatic heterocycles. The number of nitrogens with one attached hydrogen (secondary N) is 2. The van der Waals surface area contributed by atoms with E-state index in [1.807, 2.05) is 6.92 Å². The molecule has 1 aromatic carbocycles. The molecule has 0 aliphatic rings. The van der Waals surface area contributed by atoms with E-state index in [0.29, 0.717) is 37.6 Å². The number of aliphatic imine (C=N–C) groups is 1. The van der Waals surface area contributed by atoms with Crippen molar-refractivity contribution in [3.63, 3.8) is 0 Å². The van der Waals surface area contributed by atoms with Crippen LogP contribution in [0.2, 0.25) is 0 Å². The minimum atomic E-state index is -3.02. The van der Waals surface area contributed by atoms with Crippen molar-refractivity contribution in [2.45, 2.75) is 33.4 Å². The molecular weight excluding hydrogens is 380 g/mol. The number of hydrogen-bond donors (Lipinski definition) is 2. The molecule has 154 valence electrons. The van der Waals surface area contributed by atoms with Gasteiger partial charge in [-0.3, -0.25) is 0 Å². The van der Waals surface area contributed by atoms with Crippen LogP contribution in [0.4, 0.5) is 8.78 Å². The minimum absolute atomic E-state index is 0.0361. The van der Waals surface area contributed by atoms with Crippen molar-refractivity contribution < 1.29 is 26.7 Å². The molecule has 1 aromatic rings. The normalized spacial score (nSPS) is 12.1. The van der Waals surface area contributed by atoms with Crippen LogP contribution in [-0.4, -0.2) is 52.7 Å². The Morgan fingerprint density at radius 2 is 2.00 bits per heavy atom. The Morgan fingerprint density at radius 1 is 1.26 bits per heavy atom. The number of halogens is 2. The molecule has 0 unspecified atom stereocenters. The number of rotatable bonds is 11. The van der Waals surface area contributed by atoms with Gasteiger partial charge >= 0.3 is 6.61 Å². The monoisotopic (exact) mass is 407 g/mol. The maximum absolute atomic E-state index is 12.8. The molecule has 0 atom stereocenters. The molecule has 0 amide bonds. The van der Waals surface area contributed by atoms with Crippen molar-refractivity contribution in [1.82, 2.24) is 10.6 Å². The number of nitrogens with zero attached hydrogens (tertiary/aromatic N) is 1. The van der Waals surface area contributed by atoms with E-state index in [9.17, 15) is 17.2 Å². The zero-order valence-electron chi connectivity index (χ0n) is 15.8. The molecule has 0 aromatic heterocycles. The lowest BCUT2D eigenvalue weighted by molar-refractivity contribution is -0.0520. The summed E-state index contributed by atoms with van der Waals surface area (Å²) >= 11 is 0. The lowest BCUT2D eigenvalue weighted by atomic mass is 10.2. The van der Waals surface area contributed by atoms with Gasteiger partial charge in [-0.05, 0) is 26.3 Å². The Hall–Kier alpha value is -2.10. The van der Waals surface area contributed by atoms with E-state index in [0.717, 1.165) is 0 Å². The van der Waals surface area contributed by atoms with Gasteiger partial charge in [-0.25, -0.2) is 13.4 Å². The summed E-state index contributed by atoms with van der Waals surface area (Å²) in [5.74, 6) is 0.723. The second-order valence-corrected chi connectivity index (χ2v) is 7.92. The van der Waals surface area contributed by atoms with E-state index in [1.165, 1.54) is 6.26 Å². The number of sulfone groups is 1. The Labute approximate surface area is 159 Å². The second kappa shape index (κ2) is 11.6. The van der Waals surface area contributed by atoms with Crippen LogP contribution in [0.5, 0.6) is 11.5 Å².